The van der Waals surface area contributed by atoms with Crippen LogP contribution in [0.5, 0.6) is 11.5 Å². The van der Waals surface area contributed by atoms with Crippen LogP contribution in [0.4, 0.5) is 5.69 Å². The summed E-state index contributed by atoms with van der Waals surface area (Å²) in [5, 5.41) is 8.71. The Labute approximate surface area is 151 Å². The van der Waals surface area contributed by atoms with Crippen LogP contribution >= 0.6 is 11.8 Å². The third-order valence-electron chi connectivity index (χ3n) is 3.98. The molecule has 0 unspecified atom stereocenters. The lowest BCUT2D eigenvalue weighted by molar-refractivity contribution is -0.121. The molecule has 0 spiro atoms. The Balaban J connectivity index is 1.59. The van der Waals surface area contributed by atoms with Gasteiger partial charge in [-0.25, -0.2) is 14.7 Å². The first-order valence-electron chi connectivity index (χ1n) is 7.66. The minimum absolute atomic E-state index is 0.000668. The van der Waals surface area contributed by atoms with E-state index in [0.717, 1.165) is 16.7 Å². The first-order chi connectivity index (χ1) is 12.5. The van der Waals surface area contributed by atoms with Crippen molar-refractivity contribution in [3.63, 3.8) is 0 Å². The van der Waals surface area contributed by atoms with E-state index in [9.17, 15) is 19.5 Å². The lowest BCUT2D eigenvalue weighted by Gasteiger charge is -2.15. The normalized spacial score (nSPS) is 18.5. The highest BCUT2D eigenvalue weighted by Crippen LogP contribution is 2.39. The molecule has 9 heteroatoms. The number of benzene rings is 1. The van der Waals surface area contributed by atoms with Crippen molar-refractivity contribution in [3.05, 3.63) is 42.1 Å². The number of carboxylic acid groups (broad SMARTS) is 1. The van der Waals surface area contributed by atoms with E-state index in [2.05, 4.69) is 4.98 Å². The van der Waals surface area contributed by atoms with Gasteiger partial charge in [0.25, 0.3) is 0 Å². The second-order valence-corrected chi connectivity index (χ2v) is 6.77. The second kappa shape index (κ2) is 6.34. The largest absolute Gasteiger partial charge is 0.478 e. The predicted octanol–water partition coefficient (Wildman–Crippen LogP) is 1.93. The monoisotopic (exact) mass is 372 g/mol. The van der Waals surface area contributed by atoms with Gasteiger partial charge in [0.2, 0.25) is 18.6 Å². The standard InChI is InChI=1S/C17H12N2O6S/c20-14-7-13(26-15-10(17(22)23)2-1-5-18-15)16(21)19(14)9-3-4-11-12(6-9)25-8-24-11/h1-6,13H,7-8H2,(H,22,23)/t13-/m0/s1. The molecular weight excluding hydrogens is 360 g/mol. The van der Waals surface area contributed by atoms with Crippen LogP contribution in [0, 0.1) is 0 Å². The van der Waals surface area contributed by atoms with E-state index in [4.69, 9.17) is 9.47 Å². The van der Waals surface area contributed by atoms with Crippen molar-refractivity contribution in [2.24, 2.45) is 0 Å². The van der Waals surface area contributed by atoms with Crippen LogP contribution in [0.1, 0.15) is 16.8 Å². The number of carboxylic acids is 1. The topological polar surface area (TPSA) is 106 Å². The number of amides is 2. The molecule has 132 valence electrons. The summed E-state index contributed by atoms with van der Waals surface area (Å²) in [5.74, 6) is -0.888. The number of pyridine rings is 1. The van der Waals surface area contributed by atoms with E-state index in [-0.39, 0.29) is 29.7 Å². The molecule has 1 saturated heterocycles. The molecule has 2 aliphatic heterocycles. The lowest BCUT2D eigenvalue weighted by atomic mass is 10.2. The molecule has 26 heavy (non-hydrogen) atoms. The smallest absolute Gasteiger partial charge is 0.338 e. The SMILES string of the molecule is O=C(O)c1cccnc1S[C@H]1CC(=O)N(c2ccc3c(c2)OCO3)C1=O. The molecule has 2 aliphatic rings. The number of imide groups is 1. The van der Waals surface area contributed by atoms with Gasteiger partial charge in [0, 0.05) is 18.7 Å². The Morgan fingerprint density at radius 1 is 1.23 bits per heavy atom. The summed E-state index contributed by atoms with van der Waals surface area (Å²) in [6.07, 6.45) is 1.42. The molecule has 0 radical (unpaired) electrons. The van der Waals surface area contributed by atoms with E-state index in [1.165, 1.54) is 18.3 Å². The quantitative estimate of drug-likeness (QED) is 0.812. The number of anilines is 1. The maximum Gasteiger partial charge on any atom is 0.338 e. The Bertz CT molecular complexity index is 931. The fourth-order valence-electron chi connectivity index (χ4n) is 2.77. The number of carbonyl (C=O) groups is 3. The highest BCUT2D eigenvalue weighted by atomic mass is 32.2. The van der Waals surface area contributed by atoms with Gasteiger partial charge in [-0.05, 0) is 24.3 Å². The van der Waals surface area contributed by atoms with Crippen LogP contribution in [0.25, 0.3) is 0 Å². The van der Waals surface area contributed by atoms with Crippen molar-refractivity contribution in [2.45, 2.75) is 16.7 Å². The van der Waals surface area contributed by atoms with E-state index in [1.54, 1.807) is 18.2 Å². The highest BCUT2D eigenvalue weighted by molar-refractivity contribution is 8.00. The Morgan fingerprint density at radius 2 is 2.04 bits per heavy atom. The summed E-state index contributed by atoms with van der Waals surface area (Å²) in [6, 6.07) is 7.75. The van der Waals surface area contributed by atoms with Crippen LogP contribution in [-0.4, -0.2) is 39.9 Å². The number of aromatic nitrogens is 1. The molecule has 1 N–H and O–H groups in total. The zero-order valence-electron chi connectivity index (χ0n) is 13.2. The molecule has 1 aromatic heterocycles. The average Bonchev–Trinajstić information content (AvgIpc) is 3.19. The van der Waals surface area contributed by atoms with E-state index >= 15 is 0 Å². The number of nitrogens with zero attached hydrogens (tertiary/aromatic N) is 2. The summed E-state index contributed by atoms with van der Waals surface area (Å²) >= 11 is 0.982. The molecule has 0 aliphatic carbocycles. The van der Waals surface area contributed by atoms with Crippen LogP contribution in [0.3, 0.4) is 0 Å². The fraction of sp³-hybridized carbons (Fsp3) is 0.176. The second-order valence-electron chi connectivity index (χ2n) is 5.58. The summed E-state index contributed by atoms with van der Waals surface area (Å²) < 4.78 is 10.5. The third kappa shape index (κ3) is 2.76. The molecule has 3 heterocycles. The molecule has 4 rings (SSSR count). The highest BCUT2D eigenvalue weighted by Gasteiger charge is 2.41. The third-order valence-corrected chi connectivity index (χ3v) is 5.18. The number of fused-ring (bicyclic) bond motifs is 1. The van der Waals surface area contributed by atoms with Crippen LogP contribution in [0.2, 0.25) is 0 Å². The van der Waals surface area contributed by atoms with Gasteiger partial charge < -0.3 is 14.6 Å². The molecule has 1 atom stereocenters. The maximum atomic E-state index is 12.7. The minimum atomic E-state index is -1.13. The van der Waals surface area contributed by atoms with Gasteiger partial charge in [-0.1, -0.05) is 11.8 Å². The summed E-state index contributed by atoms with van der Waals surface area (Å²) in [4.78, 5) is 41.5. The van der Waals surface area contributed by atoms with Crippen molar-refractivity contribution in [2.75, 3.05) is 11.7 Å². The molecule has 2 aromatic rings. The number of aromatic carboxylic acids is 1. The number of rotatable bonds is 4. The van der Waals surface area contributed by atoms with Crippen molar-refractivity contribution >= 4 is 35.2 Å². The summed E-state index contributed by atoms with van der Waals surface area (Å²) in [6.45, 7) is 0.0940. The van der Waals surface area contributed by atoms with Gasteiger partial charge in [0.15, 0.2) is 11.5 Å². The van der Waals surface area contributed by atoms with E-state index < -0.39 is 17.1 Å². The van der Waals surface area contributed by atoms with E-state index in [0.29, 0.717) is 17.2 Å². The number of ether oxygens (including phenoxy) is 2. The van der Waals surface area contributed by atoms with Crippen molar-refractivity contribution in [1.82, 2.24) is 4.98 Å². The van der Waals surface area contributed by atoms with Gasteiger partial charge in [0.1, 0.15) is 5.03 Å². The Hall–Kier alpha value is -3.07. The van der Waals surface area contributed by atoms with Crippen molar-refractivity contribution < 1.29 is 29.0 Å². The van der Waals surface area contributed by atoms with Gasteiger partial charge in [-0.3, -0.25) is 9.59 Å². The predicted molar refractivity (Wildman–Crippen MR) is 90.5 cm³/mol. The number of thioether (sulfide) groups is 1. The molecular formula is C17H12N2O6S. The fourth-order valence-corrected chi connectivity index (χ4v) is 3.88. The van der Waals surface area contributed by atoms with Gasteiger partial charge in [-0.15, -0.1) is 0 Å². The minimum Gasteiger partial charge on any atom is -0.478 e. The zero-order chi connectivity index (χ0) is 18.3. The van der Waals surface area contributed by atoms with Gasteiger partial charge in [0.05, 0.1) is 16.5 Å². The summed E-state index contributed by atoms with van der Waals surface area (Å²) in [5.41, 5.74) is 0.395. The van der Waals surface area contributed by atoms with Gasteiger partial charge >= 0.3 is 5.97 Å². The molecule has 1 fully saturated rings. The molecule has 0 bridgehead atoms. The van der Waals surface area contributed by atoms with Crippen LogP contribution < -0.4 is 14.4 Å². The Kier molecular flexibility index (Phi) is 4.00. The van der Waals surface area contributed by atoms with Crippen LogP contribution in [0.15, 0.2) is 41.6 Å². The van der Waals surface area contributed by atoms with Crippen molar-refractivity contribution in [1.29, 1.82) is 0 Å². The molecule has 8 nitrogen and oxygen atoms in total. The van der Waals surface area contributed by atoms with Gasteiger partial charge in [-0.2, -0.15) is 0 Å². The molecule has 2 amide bonds. The summed E-state index contributed by atoms with van der Waals surface area (Å²) in [7, 11) is 0. The number of hydrogen-bond donors (Lipinski definition) is 1. The zero-order valence-corrected chi connectivity index (χ0v) is 14.1. The lowest BCUT2D eigenvalue weighted by Crippen LogP contribution is -2.31. The Morgan fingerprint density at radius 3 is 2.85 bits per heavy atom. The first kappa shape index (κ1) is 16.4. The van der Waals surface area contributed by atoms with E-state index in [1.807, 2.05) is 0 Å². The first-order valence-corrected chi connectivity index (χ1v) is 8.54. The average molecular weight is 372 g/mol. The number of hydrogen-bond acceptors (Lipinski definition) is 7. The molecule has 0 saturated carbocycles. The van der Waals surface area contributed by atoms with Crippen LogP contribution in [-0.2, 0) is 9.59 Å². The van der Waals surface area contributed by atoms with Crippen molar-refractivity contribution in [3.8, 4) is 11.5 Å². The molecule has 1 aromatic carbocycles. The maximum absolute atomic E-state index is 12.7. The number of carbonyl (C=O) groups excluding carboxylic acids is 2.